The van der Waals surface area contributed by atoms with E-state index in [2.05, 4.69) is 15.6 Å². The Morgan fingerprint density at radius 3 is 2.32 bits per heavy atom. The molecule has 7 heteroatoms. The summed E-state index contributed by atoms with van der Waals surface area (Å²) in [4.78, 5) is 15.0. The third-order valence-corrected chi connectivity index (χ3v) is 2.75. The molecule has 0 aliphatic carbocycles. The lowest BCUT2D eigenvalue weighted by atomic mass is 10.1. The monoisotopic (exact) mass is 301 g/mol. The maximum atomic E-state index is 11.1. The van der Waals surface area contributed by atoms with Crippen LogP contribution in [0, 0.1) is 10.1 Å². The second-order valence-electron chi connectivity index (χ2n) is 5.94. The Morgan fingerprint density at radius 1 is 1.14 bits per heavy atom. The van der Waals surface area contributed by atoms with Crippen molar-refractivity contribution in [1.29, 1.82) is 0 Å². The summed E-state index contributed by atoms with van der Waals surface area (Å²) >= 11 is 0. The molecule has 0 aliphatic rings. The number of hydrogen-bond donors (Lipinski definition) is 3. The molecule has 1 aromatic heterocycles. The van der Waals surface area contributed by atoms with E-state index in [1.54, 1.807) is 30.3 Å². The van der Waals surface area contributed by atoms with Crippen molar-refractivity contribution >= 4 is 28.7 Å². The van der Waals surface area contributed by atoms with Crippen LogP contribution in [0.5, 0.6) is 0 Å². The first kappa shape index (κ1) is 15.6. The van der Waals surface area contributed by atoms with Gasteiger partial charge < -0.3 is 16.4 Å². The molecule has 0 radical (unpaired) electrons. The summed E-state index contributed by atoms with van der Waals surface area (Å²) in [7, 11) is 0. The van der Waals surface area contributed by atoms with Crippen molar-refractivity contribution in [3.05, 3.63) is 46.5 Å². The number of nitrogens with two attached hydrogens (primary N) is 1. The average Bonchev–Trinajstić information content (AvgIpc) is 2.39. The first-order valence-electron chi connectivity index (χ1n) is 6.81. The van der Waals surface area contributed by atoms with Crippen molar-refractivity contribution in [1.82, 2.24) is 4.98 Å². The van der Waals surface area contributed by atoms with Gasteiger partial charge in [0.15, 0.2) is 0 Å². The molecular weight excluding hydrogens is 282 g/mol. The van der Waals surface area contributed by atoms with Crippen LogP contribution in [-0.4, -0.2) is 15.4 Å². The van der Waals surface area contributed by atoms with Crippen molar-refractivity contribution in [2.75, 3.05) is 16.4 Å². The maximum Gasteiger partial charge on any atom is 0.311 e. The van der Waals surface area contributed by atoms with Gasteiger partial charge in [-0.2, -0.15) is 0 Å². The molecule has 0 unspecified atom stereocenters. The number of nitrogen functional groups attached to an aromatic ring is 1. The van der Waals surface area contributed by atoms with Crippen LogP contribution in [0.1, 0.15) is 20.8 Å². The molecular formula is C15H19N5O2. The molecule has 0 aliphatic heterocycles. The summed E-state index contributed by atoms with van der Waals surface area (Å²) < 4.78 is 0. The number of aromatic nitrogens is 1. The third kappa shape index (κ3) is 4.08. The highest BCUT2D eigenvalue weighted by atomic mass is 16.6. The highest BCUT2D eigenvalue weighted by Crippen LogP contribution is 2.28. The van der Waals surface area contributed by atoms with Gasteiger partial charge in [-0.25, -0.2) is 4.98 Å². The van der Waals surface area contributed by atoms with E-state index in [1.807, 2.05) is 20.8 Å². The smallest absolute Gasteiger partial charge is 0.311 e. The second-order valence-corrected chi connectivity index (χ2v) is 5.94. The summed E-state index contributed by atoms with van der Waals surface area (Å²) in [5.41, 5.74) is 6.65. The predicted molar refractivity (Wildman–Crippen MR) is 88.4 cm³/mol. The molecule has 2 rings (SSSR count). The lowest BCUT2D eigenvalue weighted by Crippen LogP contribution is -2.26. The normalized spacial score (nSPS) is 11.0. The Hall–Kier alpha value is -2.83. The van der Waals surface area contributed by atoms with Gasteiger partial charge in [-0.15, -0.1) is 0 Å². The number of rotatable bonds is 4. The van der Waals surface area contributed by atoms with Crippen LogP contribution < -0.4 is 16.4 Å². The highest BCUT2D eigenvalue weighted by molar-refractivity contribution is 5.68. The quantitative estimate of drug-likeness (QED) is 0.453. The molecule has 2 aromatic rings. The first-order chi connectivity index (χ1) is 10.2. The lowest BCUT2D eigenvalue weighted by Gasteiger charge is -2.21. The van der Waals surface area contributed by atoms with E-state index >= 15 is 0 Å². The van der Waals surface area contributed by atoms with Gasteiger partial charge in [-0.3, -0.25) is 10.1 Å². The van der Waals surface area contributed by atoms with Gasteiger partial charge >= 0.3 is 5.69 Å². The first-order valence-corrected chi connectivity index (χ1v) is 6.81. The van der Waals surface area contributed by atoms with Crippen molar-refractivity contribution in [3.8, 4) is 0 Å². The standard InChI is InChI=1S/C15H19N5O2/c1-15(2,3)19-13-9-8-12(20(21)22)14(18-13)17-11-6-4-10(16)5-7-11/h4-9H,16H2,1-3H3,(H2,17,18,19). The van der Waals surface area contributed by atoms with Crippen LogP contribution in [-0.2, 0) is 0 Å². The molecule has 0 atom stereocenters. The average molecular weight is 301 g/mol. The van der Waals surface area contributed by atoms with E-state index < -0.39 is 4.92 Å². The fraction of sp³-hybridized carbons (Fsp3) is 0.267. The van der Waals surface area contributed by atoms with E-state index in [0.29, 0.717) is 17.2 Å². The SMILES string of the molecule is CC(C)(C)Nc1ccc([N+](=O)[O-])c(Nc2ccc(N)cc2)n1. The molecule has 0 bridgehead atoms. The topological polar surface area (TPSA) is 106 Å². The lowest BCUT2D eigenvalue weighted by molar-refractivity contribution is -0.384. The van der Waals surface area contributed by atoms with Crippen LogP contribution in [0.2, 0.25) is 0 Å². The van der Waals surface area contributed by atoms with Gasteiger partial charge in [0.2, 0.25) is 5.82 Å². The largest absolute Gasteiger partial charge is 0.399 e. The highest BCUT2D eigenvalue weighted by Gasteiger charge is 2.18. The van der Waals surface area contributed by atoms with Crippen molar-refractivity contribution in [3.63, 3.8) is 0 Å². The number of hydrogen-bond acceptors (Lipinski definition) is 6. The van der Waals surface area contributed by atoms with Gasteiger partial charge in [0, 0.05) is 23.0 Å². The number of pyridine rings is 1. The van der Waals surface area contributed by atoms with Crippen LogP contribution in [0.3, 0.4) is 0 Å². The fourth-order valence-corrected chi connectivity index (χ4v) is 1.85. The predicted octanol–water partition coefficient (Wildman–Crippen LogP) is 3.53. The van der Waals surface area contributed by atoms with Crippen LogP contribution in [0.15, 0.2) is 36.4 Å². The number of nitrogens with one attached hydrogen (secondary N) is 2. The second kappa shape index (κ2) is 5.88. The zero-order valence-corrected chi connectivity index (χ0v) is 12.8. The van der Waals surface area contributed by atoms with Gasteiger partial charge in [0.05, 0.1) is 4.92 Å². The summed E-state index contributed by atoms with van der Waals surface area (Å²) in [6.45, 7) is 5.97. The summed E-state index contributed by atoms with van der Waals surface area (Å²) in [6, 6.07) is 9.93. The van der Waals surface area contributed by atoms with Crippen molar-refractivity contribution < 1.29 is 4.92 Å². The third-order valence-electron chi connectivity index (χ3n) is 2.75. The Morgan fingerprint density at radius 2 is 1.77 bits per heavy atom. The Kier molecular flexibility index (Phi) is 4.16. The number of anilines is 4. The fourth-order valence-electron chi connectivity index (χ4n) is 1.85. The Balaban J connectivity index is 2.35. The molecule has 1 heterocycles. The maximum absolute atomic E-state index is 11.1. The minimum atomic E-state index is -0.465. The molecule has 0 saturated carbocycles. The molecule has 4 N–H and O–H groups in total. The molecule has 0 fully saturated rings. The minimum Gasteiger partial charge on any atom is -0.399 e. The molecule has 0 saturated heterocycles. The zero-order chi connectivity index (χ0) is 16.3. The van der Waals surface area contributed by atoms with Gasteiger partial charge in [0.25, 0.3) is 0 Å². The Labute approximate surface area is 128 Å². The molecule has 22 heavy (non-hydrogen) atoms. The summed E-state index contributed by atoms with van der Waals surface area (Å²) in [5.74, 6) is 0.750. The van der Waals surface area contributed by atoms with Gasteiger partial charge in [-0.05, 0) is 51.1 Å². The molecule has 116 valence electrons. The molecule has 7 nitrogen and oxygen atoms in total. The van der Waals surface area contributed by atoms with E-state index in [-0.39, 0.29) is 17.0 Å². The zero-order valence-electron chi connectivity index (χ0n) is 12.8. The molecule has 0 spiro atoms. The van der Waals surface area contributed by atoms with Crippen molar-refractivity contribution in [2.45, 2.75) is 26.3 Å². The van der Waals surface area contributed by atoms with E-state index in [4.69, 9.17) is 5.73 Å². The Bertz CT molecular complexity index is 677. The summed E-state index contributed by atoms with van der Waals surface area (Å²) in [5, 5.41) is 17.3. The summed E-state index contributed by atoms with van der Waals surface area (Å²) in [6.07, 6.45) is 0. The molecule has 1 aromatic carbocycles. The van der Waals surface area contributed by atoms with Crippen LogP contribution in [0.25, 0.3) is 0 Å². The van der Waals surface area contributed by atoms with Gasteiger partial charge in [0.1, 0.15) is 5.82 Å². The number of nitro groups is 1. The molecule has 0 amide bonds. The van der Waals surface area contributed by atoms with Crippen molar-refractivity contribution in [2.24, 2.45) is 0 Å². The van der Waals surface area contributed by atoms with Crippen LogP contribution >= 0.6 is 0 Å². The number of benzene rings is 1. The van der Waals surface area contributed by atoms with E-state index in [0.717, 1.165) is 0 Å². The van der Waals surface area contributed by atoms with E-state index in [1.165, 1.54) is 6.07 Å². The van der Waals surface area contributed by atoms with Crippen LogP contribution in [0.4, 0.5) is 28.7 Å². The minimum absolute atomic E-state index is 0.0868. The van der Waals surface area contributed by atoms with Gasteiger partial charge in [-0.1, -0.05) is 0 Å². The number of nitrogens with zero attached hydrogens (tertiary/aromatic N) is 2. The van der Waals surface area contributed by atoms with E-state index in [9.17, 15) is 10.1 Å².